The molecule has 1 aliphatic rings. The smallest absolute Gasteiger partial charge is 0.242 e. The summed E-state index contributed by atoms with van der Waals surface area (Å²) in [6.07, 6.45) is 1.83. The summed E-state index contributed by atoms with van der Waals surface area (Å²) in [4.78, 5) is 33.0. The molecule has 188 valence electrons. The molecule has 2 amide bonds. The van der Waals surface area contributed by atoms with Crippen LogP contribution in [-0.4, -0.2) is 33.2 Å². The van der Waals surface area contributed by atoms with Crippen LogP contribution in [0.2, 0.25) is 15.1 Å². The number of nitrogens with one attached hydrogen (secondary N) is 1. The third kappa shape index (κ3) is 7.16. The van der Waals surface area contributed by atoms with Crippen LogP contribution in [0.25, 0.3) is 0 Å². The van der Waals surface area contributed by atoms with Crippen LogP contribution in [0.3, 0.4) is 0 Å². The van der Waals surface area contributed by atoms with Gasteiger partial charge >= 0.3 is 0 Å². The molecule has 2 aromatic carbocycles. The maximum absolute atomic E-state index is 13.5. The van der Waals surface area contributed by atoms with E-state index < -0.39 is 5.25 Å². The highest BCUT2D eigenvalue weighted by Crippen LogP contribution is 2.36. The molecule has 1 aliphatic heterocycles. The Morgan fingerprint density at radius 3 is 2.43 bits per heavy atom. The topological polar surface area (TPSA) is 61.8 Å². The molecule has 0 unspecified atom stereocenters. The van der Waals surface area contributed by atoms with Crippen LogP contribution >= 0.6 is 46.6 Å². The van der Waals surface area contributed by atoms with Gasteiger partial charge in [0.1, 0.15) is 5.25 Å². The van der Waals surface area contributed by atoms with Gasteiger partial charge in [-0.1, -0.05) is 72.5 Å². The molecule has 2 atom stereocenters. The number of anilines is 1. The molecule has 1 fully saturated rings. The summed E-state index contributed by atoms with van der Waals surface area (Å²) < 4.78 is 0. The Hall–Kier alpha value is -1.73. The maximum atomic E-state index is 13.5. The van der Waals surface area contributed by atoms with Gasteiger partial charge in [0, 0.05) is 12.5 Å². The Kier molecular flexibility index (Phi) is 9.55. The lowest BCUT2D eigenvalue weighted by Gasteiger charge is -2.25. The quantitative estimate of drug-likeness (QED) is 0.336. The molecular formula is C26H30Cl3N3O2S. The van der Waals surface area contributed by atoms with Crippen LogP contribution in [0.1, 0.15) is 51.2 Å². The van der Waals surface area contributed by atoms with Crippen LogP contribution in [0.4, 0.5) is 11.4 Å². The van der Waals surface area contributed by atoms with Crippen molar-refractivity contribution in [2.45, 2.75) is 65.2 Å². The van der Waals surface area contributed by atoms with E-state index >= 15 is 0 Å². The number of hydrogen-bond donors (Lipinski definition) is 1. The normalized spacial score (nSPS) is 18.0. The predicted molar refractivity (Wildman–Crippen MR) is 149 cm³/mol. The van der Waals surface area contributed by atoms with Crippen molar-refractivity contribution in [3.05, 3.63) is 56.5 Å². The minimum Gasteiger partial charge on any atom is -0.325 e. The van der Waals surface area contributed by atoms with E-state index in [0.717, 1.165) is 29.7 Å². The minimum atomic E-state index is -0.582. The van der Waals surface area contributed by atoms with Crippen molar-refractivity contribution in [2.24, 2.45) is 10.9 Å². The monoisotopic (exact) mass is 553 g/mol. The maximum Gasteiger partial charge on any atom is 0.242 e. The van der Waals surface area contributed by atoms with Crippen LogP contribution < -0.4 is 5.32 Å². The average molecular weight is 555 g/mol. The number of thioether (sulfide) groups is 1. The highest BCUT2D eigenvalue weighted by molar-refractivity contribution is 8.15. The fraction of sp³-hybridized carbons (Fsp3) is 0.423. The molecule has 5 nitrogen and oxygen atoms in total. The van der Waals surface area contributed by atoms with E-state index in [0.29, 0.717) is 21.8 Å². The van der Waals surface area contributed by atoms with E-state index in [1.807, 2.05) is 39.0 Å². The zero-order valence-corrected chi connectivity index (χ0v) is 23.6. The summed E-state index contributed by atoms with van der Waals surface area (Å²) in [5.74, 6) is 0.0874. The Labute approximate surface area is 226 Å². The summed E-state index contributed by atoms with van der Waals surface area (Å²) in [7, 11) is 0. The zero-order valence-electron chi connectivity index (χ0n) is 20.5. The lowest BCUT2D eigenvalue weighted by atomic mass is 10.0. The predicted octanol–water partition coefficient (Wildman–Crippen LogP) is 8.05. The van der Waals surface area contributed by atoms with Crippen molar-refractivity contribution >= 4 is 74.9 Å². The second kappa shape index (κ2) is 12.0. The molecule has 1 saturated heterocycles. The van der Waals surface area contributed by atoms with E-state index in [4.69, 9.17) is 39.8 Å². The molecule has 1 N–H and O–H groups in total. The van der Waals surface area contributed by atoms with Gasteiger partial charge in [0.25, 0.3) is 0 Å². The number of amidine groups is 1. The second-order valence-electron chi connectivity index (χ2n) is 9.32. The first-order valence-electron chi connectivity index (χ1n) is 11.6. The van der Waals surface area contributed by atoms with Crippen molar-refractivity contribution < 1.29 is 9.59 Å². The first-order chi connectivity index (χ1) is 16.5. The SMILES string of the molecule is Cc1ccc(C)c(N=C2S[C@@H](CC(=O)Nc3cc(Cl)c(Cl)cc3Cl)C(=O)N2[C@H](C)CCC(C)C)c1. The van der Waals surface area contributed by atoms with Crippen molar-refractivity contribution in [1.82, 2.24) is 4.90 Å². The molecule has 0 aromatic heterocycles. The number of carbonyl (C=O) groups is 2. The van der Waals surface area contributed by atoms with E-state index in [1.165, 1.54) is 23.9 Å². The molecule has 35 heavy (non-hydrogen) atoms. The lowest BCUT2D eigenvalue weighted by Crippen LogP contribution is -2.40. The molecular weight excluding hydrogens is 525 g/mol. The lowest BCUT2D eigenvalue weighted by molar-refractivity contribution is -0.129. The molecule has 1 heterocycles. The van der Waals surface area contributed by atoms with Crippen LogP contribution in [0, 0.1) is 19.8 Å². The minimum absolute atomic E-state index is 0.0146. The summed E-state index contributed by atoms with van der Waals surface area (Å²) in [5, 5.41) is 3.66. The Morgan fingerprint density at radius 1 is 1.06 bits per heavy atom. The zero-order chi connectivity index (χ0) is 25.9. The Bertz CT molecular complexity index is 1150. The molecule has 0 spiro atoms. The van der Waals surface area contributed by atoms with E-state index in [2.05, 4.69) is 19.2 Å². The van der Waals surface area contributed by atoms with Gasteiger partial charge in [-0.15, -0.1) is 0 Å². The van der Waals surface area contributed by atoms with Crippen molar-refractivity contribution in [1.29, 1.82) is 0 Å². The number of rotatable bonds is 8. The molecule has 0 radical (unpaired) electrons. The fourth-order valence-electron chi connectivity index (χ4n) is 3.73. The number of amides is 2. The van der Waals surface area contributed by atoms with Gasteiger partial charge in [-0.2, -0.15) is 0 Å². The summed E-state index contributed by atoms with van der Waals surface area (Å²) in [6.45, 7) is 10.4. The largest absolute Gasteiger partial charge is 0.325 e. The van der Waals surface area contributed by atoms with Gasteiger partial charge in [-0.25, -0.2) is 4.99 Å². The van der Waals surface area contributed by atoms with Gasteiger partial charge in [0.2, 0.25) is 11.8 Å². The van der Waals surface area contributed by atoms with Crippen LogP contribution in [0.15, 0.2) is 35.3 Å². The molecule has 0 bridgehead atoms. The standard InChI is InChI=1S/C26H30Cl3N3O2S/c1-14(2)6-9-17(5)32-25(34)23(35-26(32)31-21-10-15(3)7-8-16(21)4)13-24(33)30-22-12-19(28)18(27)11-20(22)29/h7-8,10-12,14,17,23H,6,9,13H2,1-5H3,(H,30,33)/t17-,23+/m1/s1. The van der Waals surface area contributed by atoms with Gasteiger partial charge in [-0.05, 0) is 68.9 Å². The van der Waals surface area contributed by atoms with Crippen LogP contribution in [-0.2, 0) is 9.59 Å². The fourth-order valence-corrected chi connectivity index (χ4v) is 5.57. The molecule has 2 aromatic rings. The summed E-state index contributed by atoms with van der Waals surface area (Å²) >= 11 is 19.6. The van der Waals surface area contributed by atoms with E-state index in [9.17, 15) is 9.59 Å². The number of aryl methyl sites for hydroxylation is 2. The average Bonchev–Trinajstić information content (AvgIpc) is 3.07. The Balaban J connectivity index is 1.84. The van der Waals surface area contributed by atoms with Gasteiger partial charge in [-0.3, -0.25) is 14.5 Å². The van der Waals surface area contributed by atoms with Gasteiger partial charge < -0.3 is 5.32 Å². The Morgan fingerprint density at radius 2 is 1.74 bits per heavy atom. The third-order valence-corrected chi connectivity index (χ3v) is 7.99. The number of carbonyl (C=O) groups excluding carboxylic acids is 2. The molecule has 0 aliphatic carbocycles. The number of nitrogens with zero attached hydrogens (tertiary/aromatic N) is 2. The van der Waals surface area contributed by atoms with Crippen LogP contribution in [0.5, 0.6) is 0 Å². The summed E-state index contributed by atoms with van der Waals surface area (Å²) in [6, 6.07) is 9.02. The second-order valence-corrected chi connectivity index (χ2v) is 11.7. The third-order valence-electron chi connectivity index (χ3n) is 5.80. The number of benzene rings is 2. The number of halogens is 3. The van der Waals surface area contributed by atoms with Crippen molar-refractivity contribution in [3.63, 3.8) is 0 Å². The highest BCUT2D eigenvalue weighted by atomic mass is 35.5. The summed E-state index contributed by atoms with van der Waals surface area (Å²) in [5.41, 5.74) is 3.31. The molecule has 9 heteroatoms. The van der Waals surface area contributed by atoms with Gasteiger partial charge in [0.05, 0.1) is 26.4 Å². The first kappa shape index (κ1) is 27.9. The molecule has 3 rings (SSSR count). The van der Waals surface area contributed by atoms with E-state index in [-0.39, 0.29) is 34.3 Å². The van der Waals surface area contributed by atoms with Gasteiger partial charge in [0.15, 0.2) is 5.17 Å². The van der Waals surface area contributed by atoms with Crippen molar-refractivity contribution in [3.8, 4) is 0 Å². The highest BCUT2D eigenvalue weighted by Gasteiger charge is 2.41. The van der Waals surface area contributed by atoms with Crippen molar-refractivity contribution in [2.75, 3.05) is 5.32 Å². The number of aliphatic imine (C=N–C) groups is 1. The van der Waals surface area contributed by atoms with E-state index in [1.54, 1.807) is 4.90 Å². The molecule has 0 saturated carbocycles. The first-order valence-corrected chi connectivity index (χ1v) is 13.6. The number of hydrogen-bond acceptors (Lipinski definition) is 4.